The molecule has 0 amide bonds. The second-order valence-electron chi connectivity index (χ2n) is 3.42. The molecule has 0 radical (unpaired) electrons. The maximum atomic E-state index is 12.6. The number of nitrogens with one attached hydrogen (secondary N) is 1. The van der Waals surface area contributed by atoms with Gasteiger partial charge >= 0.3 is 6.18 Å². The number of hydrogen-bond donors (Lipinski definition) is 2. The van der Waals surface area contributed by atoms with Gasteiger partial charge in [0, 0.05) is 6.54 Å². The number of rotatable bonds is 2. The fourth-order valence-corrected chi connectivity index (χ4v) is 1.41. The average molecular weight is 213 g/mol. The van der Waals surface area contributed by atoms with Crippen LogP contribution >= 0.6 is 0 Å². The molecule has 1 rings (SSSR count). The Hall–Kier alpha value is -0.330. The molecule has 2 N–H and O–H groups in total. The third-order valence-electron chi connectivity index (χ3n) is 2.55. The van der Waals surface area contributed by atoms with Gasteiger partial charge in [0.1, 0.15) is 0 Å². The molecular weight excluding hydrogens is 199 g/mol. The van der Waals surface area contributed by atoms with Gasteiger partial charge in [-0.05, 0) is 6.42 Å². The largest absolute Gasteiger partial charge is 0.418 e. The lowest BCUT2D eigenvalue weighted by Crippen LogP contribution is -2.62. The zero-order valence-electron chi connectivity index (χ0n) is 7.90. The maximum Gasteiger partial charge on any atom is 0.418 e. The topological polar surface area (TPSA) is 41.5 Å². The summed E-state index contributed by atoms with van der Waals surface area (Å²) in [5.41, 5.74) is -2.08. The van der Waals surface area contributed by atoms with Crippen LogP contribution in [0.25, 0.3) is 0 Å². The molecule has 2 atom stereocenters. The number of hydrogen-bond acceptors (Lipinski definition) is 3. The Labute approximate surface area is 80.2 Å². The maximum absolute atomic E-state index is 12.6. The molecule has 1 fully saturated rings. The van der Waals surface area contributed by atoms with E-state index in [1.807, 2.05) is 0 Å². The summed E-state index contributed by atoms with van der Waals surface area (Å²) in [7, 11) is 0. The number of alkyl halides is 3. The van der Waals surface area contributed by atoms with Gasteiger partial charge in [-0.1, -0.05) is 6.92 Å². The highest BCUT2D eigenvalue weighted by Crippen LogP contribution is 2.37. The van der Waals surface area contributed by atoms with Crippen molar-refractivity contribution in [2.24, 2.45) is 0 Å². The van der Waals surface area contributed by atoms with Crippen LogP contribution in [0.2, 0.25) is 0 Å². The molecule has 0 aromatic carbocycles. The van der Waals surface area contributed by atoms with Crippen LogP contribution in [0.15, 0.2) is 0 Å². The minimum absolute atomic E-state index is 0.107. The second-order valence-corrected chi connectivity index (χ2v) is 3.42. The Morgan fingerprint density at radius 2 is 2.21 bits per heavy atom. The van der Waals surface area contributed by atoms with E-state index in [0.29, 0.717) is 0 Å². The molecule has 1 aliphatic rings. The summed E-state index contributed by atoms with van der Waals surface area (Å²) in [4.78, 5) is 0. The molecule has 0 aromatic rings. The third kappa shape index (κ3) is 2.02. The molecule has 1 saturated heterocycles. The van der Waals surface area contributed by atoms with Crippen LogP contribution in [0.4, 0.5) is 13.2 Å². The van der Waals surface area contributed by atoms with E-state index in [1.54, 1.807) is 0 Å². The van der Waals surface area contributed by atoms with E-state index >= 15 is 0 Å². The molecule has 1 aliphatic heterocycles. The van der Waals surface area contributed by atoms with Crippen LogP contribution in [0.3, 0.4) is 0 Å². The molecule has 0 unspecified atom stereocenters. The molecule has 0 bridgehead atoms. The summed E-state index contributed by atoms with van der Waals surface area (Å²) in [5, 5.41) is 11.3. The standard InChI is InChI=1S/C8H14F3NO2/c1-2-7(8(9,10)11)5-12-6(3-13)4-14-7/h6,12-13H,2-5H2,1H3/t6-,7-/m1/s1. The van der Waals surface area contributed by atoms with Crippen LogP contribution < -0.4 is 5.32 Å². The predicted octanol–water partition coefficient (Wildman–Crippen LogP) is 0.678. The van der Waals surface area contributed by atoms with E-state index < -0.39 is 17.8 Å². The van der Waals surface area contributed by atoms with Gasteiger partial charge in [0.15, 0.2) is 5.60 Å². The summed E-state index contributed by atoms with van der Waals surface area (Å²) < 4.78 is 42.6. The first-order chi connectivity index (χ1) is 6.45. The molecule has 1 heterocycles. The van der Waals surface area contributed by atoms with Crippen molar-refractivity contribution >= 4 is 0 Å². The fraction of sp³-hybridized carbons (Fsp3) is 1.00. The second kappa shape index (κ2) is 4.04. The van der Waals surface area contributed by atoms with Crippen molar-refractivity contribution in [2.45, 2.75) is 31.2 Å². The quantitative estimate of drug-likeness (QED) is 0.708. The normalized spacial score (nSPS) is 34.5. The van der Waals surface area contributed by atoms with Gasteiger partial charge in [-0.15, -0.1) is 0 Å². The van der Waals surface area contributed by atoms with Crippen molar-refractivity contribution in [3.8, 4) is 0 Å². The lowest BCUT2D eigenvalue weighted by Gasteiger charge is -2.40. The van der Waals surface area contributed by atoms with Crippen LogP contribution in [-0.4, -0.2) is 42.7 Å². The van der Waals surface area contributed by atoms with Gasteiger partial charge < -0.3 is 15.2 Å². The van der Waals surface area contributed by atoms with E-state index in [9.17, 15) is 13.2 Å². The Kier molecular flexibility index (Phi) is 3.39. The number of ether oxygens (including phenoxy) is 1. The summed E-state index contributed by atoms with van der Waals surface area (Å²) in [5.74, 6) is 0. The van der Waals surface area contributed by atoms with E-state index in [2.05, 4.69) is 5.32 Å². The smallest absolute Gasteiger partial charge is 0.395 e. The number of halogens is 3. The molecule has 84 valence electrons. The Morgan fingerprint density at radius 3 is 2.50 bits per heavy atom. The van der Waals surface area contributed by atoms with Crippen LogP contribution in [0, 0.1) is 0 Å². The van der Waals surface area contributed by atoms with Crippen molar-refractivity contribution in [3.05, 3.63) is 0 Å². The fourth-order valence-electron chi connectivity index (χ4n) is 1.41. The first-order valence-corrected chi connectivity index (χ1v) is 4.50. The summed E-state index contributed by atoms with van der Waals surface area (Å²) in [6.45, 7) is 0.828. The highest BCUT2D eigenvalue weighted by molar-refractivity contribution is 4.94. The van der Waals surface area contributed by atoms with E-state index in [-0.39, 0.29) is 26.2 Å². The van der Waals surface area contributed by atoms with Crippen LogP contribution in [-0.2, 0) is 4.74 Å². The number of aliphatic hydroxyl groups is 1. The lowest BCUT2D eigenvalue weighted by molar-refractivity contribution is -0.289. The predicted molar refractivity (Wildman–Crippen MR) is 43.9 cm³/mol. The third-order valence-corrected chi connectivity index (χ3v) is 2.55. The van der Waals surface area contributed by atoms with Gasteiger partial charge in [0.25, 0.3) is 0 Å². The Bertz CT molecular complexity index is 188. The zero-order chi connectivity index (χ0) is 10.8. The molecule has 0 aromatic heterocycles. The van der Waals surface area contributed by atoms with Crippen LogP contribution in [0.5, 0.6) is 0 Å². The Balaban J connectivity index is 2.66. The van der Waals surface area contributed by atoms with Crippen molar-refractivity contribution in [1.29, 1.82) is 0 Å². The minimum Gasteiger partial charge on any atom is -0.395 e. The van der Waals surface area contributed by atoms with Crippen molar-refractivity contribution in [3.63, 3.8) is 0 Å². The monoisotopic (exact) mass is 213 g/mol. The number of morpholine rings is 1. The van der Waals surface area contributed by atoms with E-state index in [1.165, 1.54) is 6.92 Å². The van der Waals surface area contributed by atoms with Crippen molar-refractivity contribution in [2.75, 3.05) is 19.8 Å². The molecule has 0 aliphatic carbocycles. The van der Waals surface area contributed by atoms with E-state index in [0.717, 1.165) is 0 Å². The first kappa shape index (κ1) is 11.7. The first-order valence-electron chi connectivity index (χ1n) is 4.50. The molecule has 6 heteroatoms. The highest BCUT2D eigenvalue weighted by Gasteiger charge is 2.56. The molecular formula is C8H14F3NO2. The average Bonchev–Trinajstić information content (AvgIpc) is 2.16. The van der Waals surface area contributed by atoms with Gasteiger partial charge in [0.2, 0.25) is 0 Å². The summed E-state index contributed by atoms with van der Waals surface area (Å²) in [6.07, 6.45) is -4.49. The zero-order valence-corrected chi connectivity index (χ0v) is 7.90. The summed E-state index contributed by atoms with van der Waals surface area (Å²) in [6, 6.07) is -0.392. The molecule has 3 nitrogen and oxygen atoms in total. The number of aliphatic hydroxyl groups excluding tert-OH is 1. The summed E-state index contributed by atoms with van der Waals surface area (Å²) >= 11 is 0. The van der Waals surface area contributed by atoms with Gasteiger partial charge in [-0.3, -0.25) is 0 Å². The van der Waals surface area contributed by atoms with E-state index in [4.69, 9.17) is 9.84 Å². The molecule has 14 heavy (non-hydrogen) atoms. The highest BCUT2D eigenvalue weighted by atomic mass is 19.4. The minimum atomic E-state index is -4.37. The molecule has 0 saturated carbocycles. The van der Waals surface area contributed by atoms with Gasteiger partial charge in [0.05, 0.1) is 19.3 Å². The van der Waals surface area contributed by atoms with Gasteiger partial charge in [-0.2, -0.15) is 13.2 Å². The lowest BCUT2D eigenvalue weighted by atomic mass is 9.97. The van der Waals surface area contributed by atoms with Crippen molar-refractivity contribution < 1.29 is 23.0 Å². The van der Waals surface area contributed by atoms with Crippen molar-refractivity contribution in [1.82, 2.24) is 5.32 Å². The molecule has 0 spiro atoms. The van der Waals surface area contributed by atoms with Gasteiger partial charge in [-0.25, -0.2) is 0 Å². The Morgan fingerprint density at radius 1 is 1.57 bits per heavy atom. The van der Waals surface area contributed by atoms with Crippen LogP contribution in [0.1, 0.15) is 13.3 Å². The SMILES string of the molecule is CC[C@]1(C(F)(F)F)CN[C@H](CO)CO1.